The van der Waals surface area contributed by atoms with E-state index in [1.165, 1.54) is 0 Å². The number of carboxylic acid groups (broad SMARTS) is 1. The number of nitrogens with zero attached hydrogens (tertiary/aromatic N) is 2. The van der Waals surface area contributed by atoms with E-state index in [0.29, 0.717) is 12.1 Å². The van der Waals surface area contributed by atoms with E-state index in [1.807, 2.05) is 6.92 Å². The standard InChI is InChI=1S/C11H16N4O3/c1-3-9(10(16)17)15-11(18)14-6-8-5-12-7(2)4-13-8/h4-5,9H,3,6H2,1-2H3,(H,16,17)(H2,14,15,18)/t9-/m1/s1. The van der Waals surface area contributed by atoms with Gasteiger partial charge in [-0.05, 0) is 13.3 Å². The van der Waals surface area contributed by atoms with Crippen molar-refractivity contribution in [3.8, 4) is 0 Å². The summed E-state index contributed by atoms with van der Waals surface area (Å²) in [6, 6.07) is -1.42. The Bertz CT molecular complexity index is 419. The highest BCUT2D eigenvalue weighted by Gasteiger charge is 2.16. The second-order valence-electron chi connectivity index (χ2n) is 3.78. The molecule has 1 atom stereocenters. The number of amides is 2. The number of aromatic nitrogens is 2. The first kappa shape index (κ1) is 13.9. The van der Waals surface area contributed by atoms with E-state index < -0.39 is 18.0 Å². The molecule has 0 fully saturated rings. The molecule has 0 unspecified atom stereocenters. The van der Waals surface area contributed by atoms with Gasteiger partial charge in [0.15, 0.2) is 0 Å². The minimum absolute atomic E-state index is 0.204. The SMILES string of the molecule is CC[C@@H](NC(=O)NCc1cnc(C)cn1)C(=O)O. The van der Waals surface area contributed by atoms with Crippen LogP contribution in [0.4, 0.5) is 4.79 Å². The van der Waals surface area contributed by atoms with Crippen molar-refractivity contribution in [2.75, 3.05) is 0 Å². The lowest BCUT2D eigenvalue weighted by Crippen LogP contribution is -2.45. The lowest BCUT2D eigenvalue weighted by atomic mass is 10.2. The van der Waals surface area contributed by atoms with Gasteiger partial charge >= 0.3 is 12.0 Å². The Morgan fingerprint density at radius 1 is 1.39 bits per heavy atom. The third-order valence-electron chi connectivity index (χ3n) is 2.28. The van der Waals surface area contributed by atoms with Gasteiger partial charge in [-0.15, -0.1) is 0 Å². The molecule has 98 valence electrons. The predicted molar refractivity (Wildman–Crippen MR) is 63.9 cm³/mol. The fourth-order valence-electron chi connectivity index (χ4n) is 1.23. The van der Waals surface area contributed by atoms with Gasteiger partial charge in [0.05, 0.1) is 24.1 Å². The molecule has 7 heteroatoms. The molecule has 0 saturated heterocycles. The monoisotopic (exact) mass is 252 g/mol. The van der Waals surface area contributed by atoms with Crippen LogP contribution in [0.5, 0.6) is 0 Å². The third kappa shape index (κ3) is 4.36. The molecule has 1 aromatic heterocycles. The molecule has 0 saturated carbocycles. The number of aryl methyl sites for hydroxylation is 1. The van der Waals surface area contributed by atoms with Crippen LogP contribution in [0.2, 0.25) is 0 Å². The molecular formula is C11H16N4O3. The van der Waals surface area contributed by atoms with Crippen LogP contribution in [0.25, 0.3) is 0 Å². The van der Waals surface area contributed by atoms with Crippen molar-refractivity contribution in [3.05, 3.63) is 23.8 Å². The van der Waals surface area contributed by atoms with Crippen LogP contribution in [-0.2, 0) is 11.3 Å². The lowest BCUT2D eigenvalue weighted by Gasteiger charge is -2.12. The zero-order valence-electron chi connectivity index (χ0n) is 10.3. The van der Waals surface area contributed by atoms with Crippen molar-refractivity contribution >= 4 is 12.0 Å². The summed E-state index contributed by atoms with van der Waals surface area (Å²) >= 11 is 0. The summed E-state index contributed by atoms with van der Waals surface area (Å²) < 4.78 is 0. The van der Waals surface area contributed by atoms with Crippen LogP contribution in [-0.4, -0.2) is 33.1 Å². The summed E-state index contributed by atoms with van der Waals surface area (Å²) in [5, 5.41) is 13.6. The molecule has 0 aromatic carbocycles. The maximum atomic E-state index is 11.4. The summed E-state index contributed by atoms with van der Waals surface area (Å²) in [5.41, 5.74) is 1.40. The third-order valence-corrected chi connectivity index (χ3v) is 2.28. The molecule has 1 aromatic rings. The lowest BCUT2D eigenvalue weighted by molar-refractivity contribution is -0.139. The highest BCUT2D eigenvalue weighted by Crippen LogP contribution is 1.94. The topological polar surface area (TPSA) is 104 Å². The van der Waals surface area contributed by atoms with Crippen molar-refractivity contribution in [2.45, 2.75) is 32.9 Å². The Morgan fingerprint density at radius 2 is 2.11 bits per heavy atom. The number of aliphatic carboxylic acids is 1. The van der Waals surface area contributed by atoms with E-state index >= 15 is 0 Å². The molecule has 18 heavy (non-hydrogen) atoms. The number of nitrogens with one attached hydrogen (secondary N) is 2. The van der Waals surface area contributed by atoms with E-state index in [-0.39, 0.29) is 6.54 Å². The van der Waals surface area contributed by atoms with Crippen molar-refractivity contribution < 1.29 is 14.7 Å². The van der Waals surface area contributed by atoms with Gasteiger partial charge in [0.1, 0.15) is 6.04 Å². The second-order valence-corrected chi connectivity index (χ2v) is 3.78. The number of carbonyl (C=O) groups excluding carboxylic acids is 1. The molecule has 1 rings (SSSR count). The quantitative estimate of drug-likeness (QED) is 0.705. The zero-order chi connectivity index (χ0) is 13.5. The smallest absolute Gasteiger partial charge is 0.326 e. The first-order valence-electron chi connectivity index (χ1n) is 5.57. The molecule has 1 heterocycles. The van der Waals surface area contributed by atoms with Crippen LogP contribution < -0.4 is 10.6 Å². The predicted octanol–water partition coefficient (Wildman–Crippen LogP) is 0.447. The van der Waals surface area contributed by atoms with Gasteiger partial charge in [-0.3, -0.25) is 9.97 Å². The fraction of sp³-hybridized carbons (Fsp3) is 0.455. The van der Waals surface area contributed by atoms with Crippen LogP contribution in [0.15, 0.2) is 12.4 Å². The number of carbonyl (C=O) groups is 2. The largest absolute Gasteiger partial charge is 0.480 e. The van der Waals surface area contributed by atoms with Crippen LogP contribution in [0, 0.1) is 6.92 Å². The van der Waals surface area contributed by atoms with E-state index in [0.717, 1.165) is 5.69 Å². The Labute approximate surface area is 105 Å². The highest BCUT2D eigenvalue weighted by atomic mass is 16.4. The Morgan fingerprint density at radius 3 is 2.61 bits per heavy atom. The van der Waals surface area contributed by atoms with Gasteiger partial charge in [-0.2, -0.15) is 0 Å². The van der Waals surface area contributed by atoms with Gasteiger partial charge in [0, 0.05) is 6.20 Å². The average Bonchev–Trinajstić information content (AvgIpc) is 2.35. The van der Waals surface area contributed by atoms with Crippen LogP contribution in [0.3, 0.4) is 0 Å². The highest BCUT2D eigenvalue weighted by molar-refractivity contribution is 5.82. The number of carboxylic acids is 1. The molecule has 0 spiro atoms. The summed E-state index contributed by atoms with van der Waals surface area (Å²) in [6.45, 7) is 3.70. The second kappa shape index (κ2) is 6.53. The van der Waals surface area contributed by atoms with Gasteiger partial charge in [0.25, 0.3) is 0 Å². The van der Waals surface area contributed by atoms with Gasteiger partial charge in [0.2, 0.25) is 0 Å². The number of hydrogen-bond donors (Lipinski definition) is 3. The van der Waals surface area contributed by atoms with Crippen molar-refractivity contribution in [3.63, 3.8) is 0 Å². The molecular weight excluding hydrogens is 236 g/mol. The Hall–Kier alpha value is -2.18. The first-order valence-corrected chi connectivity index (χ1v) is 5.57. The first-order chi connectivity index (χ1) is 8.52. The van der Waals surface area contributed by atoms with E-state index in [9.17, 15) is 9.59 Å². The van der Waals surface area contributed by atoms with Crippen molar-refractivity contribution in [2.24, 2.45) is 0 Å². The summed E-state index contributed by atoms with van der Waals surface area (Å²) in [6.07, 6.45) is 3.48. The maximum absolute atomic E-state index is 11.4. The van der Waals surface area contributed by atoms with Gasteiger partial charge in [-0.25, -0.2) is 9.59 Å². The molecule has 0 aliphatic heterocycles. The van der Waals surface area contributed by atoms with E-state index in [1.54, 1.807) is 19.3 Å². The summed E-state index contributed by atoms with van der Waals surface area (Å²) in [7, 11) is 0. The van der Waals surface area contributed by atoms with E-state index in [4.69, 9.17) is 5.11 Å². The number of urea groups is 1. The minimum atomic E-state index is -1.05. The van der Waals surface area contributed by atoms with Crippen LogP contribution in [0.1, 0.15) is 24.7 Å². The normalized spacial score (nSPS) is 11.7. The molecule has 0 aliphatic carbocycles. The van der Waals surface area contributed by atoms with Crippen LogP contribution >= 0.6 is 0 Å². The molecule has 2 amide bonds. The molecule has 0 aliphatic rings. The van der Waals surface area contributed by atoms with Gasteiger partial charge in [-0.1, -0.05) is 6.92 Å². The molecule has 0 radical (unpaired) electrons. The zero-order valence-corrected chi connectivity index (χ0v) is 10.3. The number of rotatable bonds is 5. The van der Waals surface area contributed by atoms with E-state index in [2.05, 4.69) is 20.6 Å². The molecule has 7 nitrogen and oxygen atoms in total. The molecule has 3 N–H and O–H groups in total. The maximum Gasteiger partial charge on any atom is 0.326 e. The minimum Gasteiger partial charge on any atom is -0.480 e. The summed E-state index contributed by atoms with van der Waals surface area (Å²) in [4.78, 5) is 30.2. The Balaban J connectivity index is 2.41. The molecule has 0 bridgehead atoms. The Kier molecular flexibility index (Phi) is 5.04. The van der Waals surface area contributed by atoms with Gasteiger partial charge < -0.3 is 15.7 Å². The van der Waals surface area contributed by atoms with Crippen molar-refractivity contribution in [1.82, 2.24) is 20.6 Å². The summed E-state index contributed by atoms with van der Waals surface area (Å²) in [5.74, 6) is -1.05. The fourth-order valence-corrected chi connectivity index (χ4v) is 1.23. The van der Waals surface area contributed by atoms with Crippen molar-refractivity contribution in [1.29, 1.82) is 0 Å². The number of hydrogen-bond acceptors (Lipinski definition) is 4. The average molecular weight is 252 g/mol.